The highest BCUT2D eigenvalue weighted by molar-refractivity contribution is 7.91. The van der Waals surface area contributed by atoms with E-state index in [2.05, 4.69) is 0 Å². The Balaban J connectivity index is 2.45. The minimum atomic E-state index is -3.15. The number of hydrogen-bond donors (Lipinski definition) is 1. The molecule has 0 saturated heterocycles. The SMILES string of the molecule is CC(C)S(=O)(=O)Cc1csc2cc(C(=O)O)ccc12. The summed E-state index contributed by atoms with van der Waals surface area (Å²) in [7, 11) is -3.15. The van der Waals surface area contributed by atoms with E-state index in [4.69, 9.17) is 5.11 Å². The average Bonchev–Trinajstić information content (AvgIpc) is 2.71. The van der Waals surface area contributed by atoms with E-state index in [-0.39, 0.29) is 11.3 Å². The summed E-state index contributed by atoms with van der Waals surface area (Å²) >= 11 is 1.37. The van der Waals surface area contributed by atoms with E-state index in [0.717, 1.165) is 15.6 Å². The largest absolute Gasteiger partial charge is 0.478 e. The monoisotopic (exact) mass is 298 g/mol. The fourth-order valence-corrected chi connectivity index (χ4v) is 3.82. The lowest BCUT2D eigenvalue weighted by molar-refractivity contribution is 0.0697. The molecule has 0 aliphatic rings. The second-order valence-electron chi connectivity index (χ2n) is 4.63. The zero-order valence-corrected chi connectivity index (χ0v) is 12.2. The number of fused-ring (bicyclic) bond motifs is 1. The Labute approximate surface area is 115 Å². The normalized spacial score (nSPS) is 12.2. The number of rotatable bonds is 4. The van der Waals surface area contributed by atoms with Crippen LogP contribution in [-0.2, 0) is 15.6 Å². The lowest BCUT2D eigenvalue weighted by Gasteiger charge is -2.06. The van der Waals surface area contributed by atoms with Crippen molar-refractivity contribution >= 4 is 37.2 Å². The Bertz CT molecular complexity index is 726. The molecule has 0 spiro atoms. The van der Waals surface area contributed by atoms with E-state index >= 15 is 0 Å². The van der Waals surface area contributed by atoms with Gasteiger partial charge in [0.15, 0.2) is 9.84 Å². The van der Waals surface area contributed by atoms with Gasteiger partial charge in [-0.1, -0.05) is 6.07 Å². The van der Waals surface area contributed by atoms with Crippen LogP contribution in [0.3, 0.4) is 0 Å². The zero-order chi connectivity index (χ0) is 14.2. The van der Waals surface area contributed by atoms with Gasteiger partial charge in [-0.25, -0.2) is 13.2 Å². The first-order valence-electron chi connectivity index (χ1n) is 5.76. The minimum absolute atomic E-state index is 0.00289. The molecule has 0 aliphatic heterocycles. The molecule has 1 heterocycles. The van der Waals surface area contributed by atoms with Gasteiger partial charge in [0.1, 0.15) is 0 Å². The molecule has 2 rings (SSSR count). The van der Waals surface area contributed by atoms with Crippen LogP contribution in [0, 0.1) is 0 Å². The van der Waals surface area contributed by atoms with E-state index in [1.165, 1.54) is 17.4 Å². The Morgan fingerprint density at radius 3 is 2.63 bits per heavy atom. The Morgan fingerprint density at radius 1 is 1.37 bits per heavy atom. The second kappa shape index (κ2) is 4.94. The van der Waals surface area contributed by atoms with E-state index in [1.807, 2.05) is 0 Å². The standard InChI is InChI=1S/C13H14O4S2/c1-8(2)19(16,17)7-10-6-18-12-5-9(13(14)15)3-4-11(10)12/h3-6,8H,7H2,1-2H3,(H,14,15). The van der Waals surface area contributed by atoms with Crippen molar-refractivity contribution in [2.24, 2.45) is 0 Å². The molecule has 0 atom stereocenters. The summed E-state index contributed by atoms with van der Waals surface area (Å²) in [5.74, 6) is -0.983. The highest BCUT2D eigenvalue weighted by Crippen LogP contribution is 2.29. The van der Waals surface area contributed by atoms with E-state index < -0.39 is 21.1 Å². The van der Waals surface area contributed by atoms with Crippen molar-refractivity contribution in [2.75, 3.05) is 0 Å². The van der Waals surface area contributed by atoms with Crippen molar-refractivity contribution in [2.45, 2.75) is 24.9 Å². The van der Waals surface area contributed by atoms with Crippen LogP contribution in [0.2, 0.25) is 0 Å². The van der Waals surface area contributed by atoms with E-state index in [0.29, 0.717) is 0 Å². The maximum atomic E-state index is 11.9. The highest BCUT2D eigenvalue weighted by atomic mass is 32.2. The highest BCUT2D eigenvalue weighted by Gasteiger charge is 2.19. The molecule has 19 heavy (non-hydrogen) atoms. The summed E-state index contributed by atoms with van der Waals surface area (Å²) in [4.78, 5) is 10.9. The molecule has 102 valence electrons. The lowest BCUT2D eigenvalue weighted by atomic mass is 10.1. The van der Waals surface area contributed by atoms with Gasteiger partial charge in [-0.3, -0.25) is 0 Å². The molecule has 0 amide bonds. The lowest BCUT2D eigenvalue weighted by Crippen LogP contribution is -2.15. The number of sulfone groups is 1. The van der Waals surface area contributed by atoms with Crippen molar-refractivity contribution < 1.29 is 18.3 Å². The number of benzene rings is 1. The number of carboxylic acid groups (broad SMARTS) is 1. The average molecular weight is 298 g/mol. The Morgan fingerprint density at radius 2 is 2.05 bits per heavy atom. The van der Waals surface area contributed by atoms with Gasteiger partial charge >= 0.3 is 5.97 Å². The van der Waals surface area contributed by atoms with Crippen LogP contribution in [-0.4, -0.2) is 24.7 Å². The number of aromatic carboxylic acids is 1. The molecular formula is C13H14O4S2. The van der Waals surface area contributed by atoms with Gasteiger partial charge in [0, 0.05) is 4.70 Å². The van der Waals surface area contributed by atoms with Crippen LogP contribution in [0.25, 0.3) is 10.1 Å². The quantitative estimate of drug-likeness (QED) is 0.942. The maximum Gasteiger partial charge on any atom is 0.335 e. The second-order valence-corrected chi connectivity index (χ2v) is 8.10. The molecule has 1 N–H and O–H groups in total. The molecular weight excluding hydrogens is 284 g/mol. The van der Waals surface area contributed by atoms with Gasteiger partial charge in [0.05, 0.1) is 16.6 Å². The molecule has 0 fully saturated rings. The smallest absolute Gasteiger partial charge is 0.335 e. The Kier molecular flexibility index (Phi) is 3.64. The number of carbonyl (C=O) groups is 1. The van der Waals surface area contributed by atoms with Crippen molar-refractivity contribution in [3.8, 4) is 0 Å². The first-order chi connectivity index (χ1) is 8.81. The summed E-state index contributed by atoms with van der Waals surface area (Å²) < 4.78 is 24.7. The summed E-state index contributed by atoms with van der Waals surface area (Å²) in [5.41, 5.74) is 0.957. The third-order valence-electron chi connectivity index (χ3n) is 2.98. The van der Waals surface area contributed by atoms with Gasteiger partial charge in [-0.15, -0.1) is 11.3 Å². The molecule has 0 unspecified atom stereocenters. The third kappa shape index (κ3) is 2.79. The first kappa shape index (κ1) is 14.0. The third-order valence-corrected chi connectivity index (χ3v) is 6.12. The van der Waals surface area contributed by atoms with Gasteiger partial charge in [0.25, 0.3) is 0 Å². The van der Waals surface area contributed by atoms with Crippen molar-refractivity contribution in [1.29, 1.82) is 0 Å². The minimum Gasteiger partial charge on any atom is -0.478 e. The molecule has 1 aromatic heterocycles. The number of thiophene rings is 1. The first-order valence-corrected chi connectivity index (χ1v) is 8.36. The topological polar surface area (TPSA) is 71.4 Å². The molecule has 1 aromatic carbocycles. The van der Waals surface area contributed by atoms with Crippen LogP contribution in [0.4, 0.5) is 0 Å². The molecule has 6 heteroatoms. The van der Waals surface area contributed by atoms with Crippen LogP contribution in [0.1, 0.15) is 29.8 Å². The van der Waals surface area contributed by atoms with Gasteiger partial charge < -0.3 is 5.11 Å². The van der Waals surface area contributed by atoms with E-state index in [9.17, 15) is 13.2 Å². The summed E-state index contributed by atoms with van der Waals surface area (Å²) in [6.07, 6.45) is 0. The van der Waals surface area contributed by atoms with Crippen LogP contribution < -0.4 is 0 Å². The molecule has 0 bridgehead atoms. The molecule has 2 aromatic rings. The summed E-state index contributed by atoms with van der Waals surface area (Å²) in [5, 5.41) is 11.1. The molecule has 0 saturated carbocycles. The summed E-state index contributed by atoms with van der Waals surface area (Å²) in [6, 6.07) is 4.76. The predicted octanol–water partition coefficient (Wildman–Crippen LogP) is 2.92. The molecule has 0 aliphatic carbocycles. The zero-order valence-electron chi connectivity index (χ0n) is 10.6. The van der Waals surface area contributed by atoms with Crippen LogP contribution in [0.5, 0.6) is 0 Å². The van der Waals surface area contributed by atoms with Crippen LogP contribution >= 0.6 is 11.3 Å². The van der Waals surface area contributed by atoms with Crippen molar-refractivity contribution in [3.63, 3.8) is 0 Å². The fraction of sp³-hybridized carbons (Fsp3) is 0.308. The molecule has 4 nitrogen and oxygen atoms in total. The molecule has 0 radical (unpaired) electrons. The van der Waals surface area contributed by atoms with Gasteiger partial charge in [-0.2, -0.15) is 0 Å². The van der Waals surface area contributed by atoms with Crippen molar-refractivity contribution in [3.05, 3.63) is 34.7 Å². The predicted molar refractivity (Wildman–Crippen MR) is 76.5 cm³/mol. The maximum absolute atomic E-state index is 11.9. The number of hydrogen-bond acceptors (Lipinski definition) is 4. The Hall–Kier alpha value is -1.40. The van der Waals surface area contributed by atoms with Gasteiger partial charge in [0.2, 0.25) is 0 Å². The van der Waals surface area contributed by atoms with Gasteiger partial charge in [-0.05, 0) is 42.3 Å². The van der Waals surface area contributed by atoms with Crippen LogP contribution in [0.15, 0.2) is 23.6 Å². The number of carboxylic acids is 1. The summed E-state index contributed by atoms with van der Waals surface area (Å²) in [6.45, 7) is 3.32. The van der Waals surface area contributed by atoms with Crippen molar-refractivity contribution in [1.82, 2.24) is 0 Å². The fourth-order valence-electron chi connectivity index (χ4n) is 1.71. The van der Waals surface area contributed by atoms with E-state index in [1.54, 1.807) is 31.4 Å².